The summed E-state index contributed by atoms with van der Waals surface area (Å²) in [6, 6.07) is 9.49. The van der Waals surface area contributed by atoms with Gasteiger partial charge in [0, 0.05) is 22.8 Å². The second kappa shape index (κ2) is 13.0. The van der Waals surface area contributed by atoms with Gasteiger partial charge in [-0.05, 0) is 12.1 Å². The van der Waals surface area contributed by atoms with Crippen molar-refractivity contribution < 1.29 is 66.6 Å². The molecule has 0 aliphatic carbocycles. The summed E-state index contributed by atoms with van der Waals surface area (Å²) in [5, 5.41) is 0. The van der Waals surface area contributed by atoms with E-state index < -0.39 is 7.91 Å². The number of anilines is 1. The van der Waals surface area contributed by atoms with Gasteiger partial charge in [0.1, 0.15) is 0 Å². The number of benzene rings is 1. The van der Waals surface area contributed by atoms with Crippen molar-refractivity contribution in [1.82, 2.24) is 0 Å². The van der Waals surface area contributed by atoms with E-state index in [4.69, 9.17) is 20.1 Å². The number of para-hydroxylation sites is 1. The molecular weight excluding hydrogens is 297 g/mol. The zero-order valence-corrected chi connectivity index (χ0v) is 12.8. The molecule has 15 heavy (non-hydrogen) atoms. The Labute approximate surface area is 128 Å². The number of hydrogen-bond donors (Lipinski definition) is 3. The number of halogens is 2. The molecule has 0 amide bonds. The van der Waals surface area contributed by atoms with Gasteiger partial charge < -0.3 is 7.16 Å². The standard InChI is InChI=1S/C6H7N.ClH.FH2O3P.Mn.Na.H/c7-6-4-2-1-3-5-6;;1-5(2,3)4;;;/h1-5H,7H2;1H;(H2,2,3,4);;;/q;;;;+1;-1. The molecular formula is C6H11ClFMnNNaO3P. The van der Waals surface area contributed by atoms with E-state index >= 15 is 0 Å². The molecule has 1 rings (SSSR count). The van der Waals surface area contributed by atoms with E-state index in [0.29, 0.717) is 0 Å². The summed E-state index contributed by atoms with van der Waals surface area (Å²) in [4.78, 5) is 13.9. The van der Waals surface area contributed by atoms with Crippen LogP contribution >= 0.6 is 20.3 Å². The molecule has 1 aromatic rings. The number of nitrogens with two attached hydrogens (primary N) is 1. The van der Waals surface area contributed by atoms with Gasteiger partial charge in [-0.25, -0.2) is 4.57 Å². The molecule has 0 heterocycles. The maximum Gasteiger partial charge on any atom is 1.00 e. The molecule has 0 atom stereocenters. The van der Waals surface area contributed by atoms with Gasteiger partial charge in [0.2, 0.25) is 0 Å². The van der Waals surface area contributed by atoms with Gasteiger partial charge >= 0.3 is 37.5 Å². The van der Waals surface area contributed by atoms with Crippen LogP contribution < -0.4 is 35.3 Å². The monoisotopic (exact) mass is 308 g/mol. The largest absolute Gasteiger partial charge is 1.00 e. The Morgan fingerprint density at radius 2 is 1.53 bits per heavy atom. The maximum absolute atomic E-state index is 10.4. The average Bonchev–Trinajstić information content (AvgIpc) is 1.85. The second-order valence-electron chi connectivity index (χ2n) is 1.88. The Morgan fingerprint density at radius 3 is 1.67 bits per heavy atom. The minimum Gasteiger partial charge on any atom is -1.00 e. The molecule has 4 nitrogen and oxygen atoms in total. The Bertz CT molecular complexity index is 273. The SMILES string of the molecule is Cl.Nc1ccccc1.O=P(O)(O)F.[H-].[Mn].[Na+]. The van der Waals surface area contributed by atoms with E-state index in [9.17, 15) is 4.20 Å². The van der Waals surface area contributed by atoms with Crippen molar-refractivity contribution in [2.45, 2.75) is 0 Å². The van der Waals surface area contributed by atoms with Crippen LogP contribution in [0.25, 0.3) is 0 Å². The van der Waals surface area contributed by atoms with E-state index in [1.807, 2.05) is 30.3 Å². The van der Waals surface area contributed by atoms with E-state index in [2.05, 4.69) is 0 Å². The van der Waals surface area contributed by atoms with Crippen LogP contribution in [0, 0.1) is 0 Å². The molecule has 0 aromatic heterocycles. The van der Waals surface area contributed by atoms with Gasteiger partial charge in [0.05, 0.1) is 0 Å². The van der Waals surface area contributed by atoms with Crippen LogP contribution in [0.1, 0.15) is 1.43 Å². The number of rotatable bonds is 0. The van der Waals surface area contributed by atoms with Crippen LogP contribution in [0.3, 0.4) is 0 Å². The molecule has 9 heteroatoms. The zero-order valence-electron chi connectivity index (χ0n) is 8.88. The normalized spacial score (nSPS) is 7.93. The van der Waals surface area contributed by atoms with Gasteiger partial charge in [0.25, 0.3) is 0 Å². The van der Waals surface area contributed by atoms with Crippen LogP contribution in [0.15, 0.2) is 30.3 Å². The van der Waals surface area contributed by atoms with Crippen molar-refractivity contribution in [2.24, 2.45) is 0 Å². The van der Waals surface area contributed by atoms with Crippen LogP contribution in [0.4, 0.5) is 9.88 Å². The maximum atomic E-state index is 10.4. The average molecular weight is 309 g/mol. The molecule has 0 aliphatic heterocycles. The van der Waals surface area contributed by atoms with Gasteiger partial charge in [-0.15, -0.1) is 16.6 Å². The van der Waals surface area contributed by atoms with Crippen molar-refractivity contribution in [3.8, 4) is 0 Å². The molecule has 1 radical (unpaired) electrons. The Kier molecular flexibility index (Phi) is 21.6. The van der Waals surface area contributed by atoms with Crippen LogP contribution in [-0.4, -0.2) is 9.79 Å². The van der Waals surface area contributed by atoms with E-state index in [0.717, 1.165) is 5.69 Å². The fourth-order valence-electron chi connectivity index (χ4n) is 0.453. The topological polar surface area (TPSA) is 83.6 Å². The molecule has 0 saturated carbocycles. The van der Waals surface area contributed by atoms with Gasteiger partial charge in [-0.3, -0.25) is 9.79 Å². The van der Waals surface area contributed by atoms with Gasteiger partial charge in [-0.2, -0.15) is 0 Å². The molecule has 0 fully saturated rings. The summed E-state index contributed by atoms with van der Waals surface area (Å²) in [5.74, 6) is 0. The van der Waals surface area contributed by atoms with Crippen molar-refractivity contribution in [3.05, 3.63) is 30.3 Å². The summed E-state index contributed by atoms with van der Waals surface area (Å²) in [6.45, 7) is 0. The summed E-state index contributed by atoms with van der Waals surface area (Å²) < 4.78 is 19.0. The fraction of sp³-hybridized carbons (Fsp3) is 0. The zero-order chi connectivity index (χ0) is 9.61. The number of nitrogen functional groups attached to an aromatic ring is 1. The molecule has 0 spiro atoms. The molecule has 1 aromatic carbocycles. The molecule has 0 unspecified atom stereocenters. The minimum absolute atomic E-state index is 0. The van der Waals surface area contributed by atoms with Crippen molar-refractivity contribution in [1.29, 1.82) is 0 Å². The Hall–Kier alpha value is 0.909. The Morgan fingerprint density at radius 1 is 1.27 bits per heavy atom. The summed E-state index contributed by atoms with van der Waals surface area (Å²) in [6.07, 6.45) is 0. The molecule has 4 N–H and O–H groups in total. The first-order chi connectivity index (χ1) is 5.39. The van der Waals surface area contributed by atoms with Gasteiger partial charge in [0.15, 0.2) is 0 Å². The minimum atomic E-state index is -5.14. The van der Waals surface area contributed by atoms with Crippen LogP contribution in [-0.2, 0) is 21.6 Å². The van der Waals surface area contributed by atoms with Crippen molar-refractivity contribution >= 4 is 26.0 Å². The predicted molar refractivity (Wildman–Crippen MR) is 52.4 cm³/mol. The third-order valence-electron chi connectivity index (χ3n) is 0.800. The first kappa shape index (κ1) is 24.9. The summed E-state index contributed by atoms with van der Waals surface area (Å²) in [7, 11) is -5.14. The smallest absolute Gasteiger partial charge is 1.00 e. The third kappa shape index (κ3) is 31.3. The van der Waals surface area contributed by atoms with Gasteiger partial charge in [-0.1, -0.05) is 18.2 Å². The molecule has 85 valence electrons. The first-order valence-electron chi connectivity index (χ1n) is 2.95. The van der Waals surface area contributed by atoms with Crippen LogP contribution in [0.2, 0.25) is 0 Å². The van der Waals surface area contributed by atoms with Crippen molar-refractivity contribution in [2.75, 3.05) is 5.73 Å². The van der Waals surface area contributed by atoms with E-state index in [1.165, 1.54) is 0 Å². The van der Waals surface area contributed by atoms with E-state index in [-0.39, 0.29) is 60.5 Å². The van der Waals surface area contributed by atoms with Crippen molar-refractivity contribution in [3.63, 3.8) is 0 Å². The van der Waals surface area contributed by atoms with E-state index in [1.54, 1.807) is 0 Å². The third-order valence-corrected chi connectivity index (χ3v) is 0.800. The first-order valence-corrected chi connectivity index (χ1v) is 4.45. The molecule has 0 aliphatic rings. The molecule has 0 bridgehead atoms. The summed E-state index contributed by atoms with van der Waals surface area (Å²) >= 11 is 0. The number of hydrogen-bond acceptors (Lipinski definition) is 2. The quantitative estimate of drug-likeness (QED) is 0.321. The Balaban J connectivity index is -0.0000000419. The van der Waals surface area contributed by atoms with Crippen LogP contribution in [0.5, 0.6) is 0 Å². The summed E-state index contributed by atoms with van der Waals surface area (Å²) in [5.41, 5.74) is 6.18. The predicted octanol–water partition coefficient (Wildman–Crippen LogP) is -1.15. The molecule has 0 saturated heterocycles. The second-order valence-corrected chi connectivity index (χ2v) is 2.83. The fourth-order valence-corrected chi connectivity index (χ4v) is 0.453.